The molecule has 0 radical (unpaired) electrons. The van der Waals surface area contributed by atoms with Gasteiger partial charge in [-0.1, -0.05) is 42.5 Å². The lowest BCUT2D eigenvalue weighted by molar-refractivity contribution is -0.133. The number of benzene rings is 2. The van der Waals surface area contributed by atoms with Crippen molar-refractivity contribution in [2.45, 2.75) is 29.4 Å². The molecular weight excluding hydrogens is 368 g/mol. The largest absolute Gasteiger partial charge is 0.381 e. The van der Waals surface area contributed by atoms with E-state index in [0.717, 1.165) is 0 Å². The van der Waals surface area contributed by atoms with E-state index in [1.165, 1.54) is 24.3 Å². The number of aliphatic hydroxyl groups is 1. The molecule has 1 atom stereocenters. The zero-order valence-electron chi connectivity index (χ0n) is 14.7. The molecule has 1 unspecified atom stereocenters. The van der Waals surface area contributed by atoms with E-state index in [4.69, 9.17) is 10.5 Å². The quantitative estimate of drug-likeness (QED) is 0.676. The number of carbonyl (C=O) groups is 1. The summed E-state index contributed by atoms with van der Waals surface area (Å²) in [5.41, 5.74) is 3.92. The van der Waals surface area contributed by atoms with Gasteiger partial charge in [-0.25, -0.2) is 13.1 Å². The minimum absolute atomic E-state index is 0.0534. The predicted molar refractivity (Wildman–Crippen MR) is 99.2 cm³/mol. The molecule has 8 heteroatoms. The third-order valence-electron chi connectivity index (χ3n) is 4.67. The van der Waals surface area contributed by atoms with Crippen LogP contribution in [0.25, 0.3) is 0 Å². The van der Waals surface area contributed by atoms with Gasteiger partial charge in [0.15, 0.2) is 5.60 Å². The normalized spacial score (nSPS) is 18.0. The molecular formula is C19H22N2O5S. The third-order valence-corrected chi connectivity index (χ3v) is 6.21. The van der Waals surface area contributed by atoms with Gasteiger partial charge in [-0.3, -0.25) is 4.79 Å². The van der Waals surface area contributed by atoms with E-state index >= 15 is 0 Å². The maximum atomic E-state index is 12.6. The van der Waals surface area contributed by atoms with Gasteiger partial charge in [0.2, 0.25) is 10.0 Å². The molecule has 144 valence electrons. The van der Waals surface area contributed by atoms with Crippen molar-refractivity contribution in [3.05, 3.63) is 65.7 Å². The van der Waals surface area contributed by atoms with Crippen LogP contribution in [0.3, 0.4) is 0 Å². The molecule has 1 amide bonds. The Morgan fingerprint density at radius 1 is 1.04 bits per heavy atom. The molecule has 27 heavy (non-hydrogen) atoms. The first-order valence-electron chi connectivity index (χ1n) is 8.62. The minimum atomic E-state index is -3.71. The van der Waals surface area contributed by atoms with Crippen molar-refractivity contribution in [2.75, 3.05) is 13.2 Å². The Morgan fingerprint density at radius 3 is 2.15 bits per heavy atom. The molecule has 1 aliphatic heterocycles. The number of hydrogen-bond donors (Lipinski definition) is 3. The fraction of sp³-hybridized carbons (Fsp3) is 0.316. The Hall–Kier alpha value is -2.26. The minimum Gasteiger partial charge on any atom is -0.381 e. The van der Waals surface area contributed by atoms with E-state index in [0.29, 0.717) is 31.6 Å². The van der Waals surface area contributed by atoms with Crippen LogP contribution < -0.4 is 10.5 Å². The summed E-state index contributed by atoms with van der Waals surface area (Å²) in [5, 5.41) is 10.9. The van der Waals surface area contributed by atoms with Crippen LogP contribution in [0.5, 0.6) is 0 Å². The van der Waals surface area contributed by atoms with Crippen molar-refractivity contribution < 1.29 is 23.1 Å². The zero-order valence-corrected chi connectivity index (χ0v) is 15.5. The van der Waals surface area contributed by atoms with E-state index in [1.807, 2.05) is 0 Å². The highest BCUT2D eigenvalue weighted by Crippen LogP contribution is 2.30. The molecule has 2 aromatic rings. The SMILES string of the molecule is NC(=O)C(O)(c1ccccc1)c1ccc(S(=O)(=O)NC2CCOCC2)cc1. The number of carbonyl (C=O) groups excluding carboxylic acids is 1. The molecule has 1 fully saturated rings. The molecule has 1 saturated heterocycles. The van der Waals surface area contributed by atoms with Crippen LogP contribution in [0, 0.1) is 0 Å². The molecule has 1 aliphatic rings. The molecule has 0 aliphatic carbocycles. The number of primary amides is 1. The molecule has 2 aromatic carbocycles. The smallest absolute Gasteiger partial charge is 0.258 e. The highest BCUT2D eigenvalue weighted by Gasteiger charge is 2.38. The predicted octanol–water partition coefficient (Wildman–Crippen LogP) is 0.865. The van der Waals surface area contributed by atoms with E-state index < -0.39 is 21.5 Å². The summed E-state index contributed by atoms with van der Waals surface area (Å²) in [6.45, 7) is 1.05. The van der Waals surface area contributed by atoms with Crippen molar-refractivity contribution in [2.24, 2.45) is 5.73 Å². The summed E-state index contributed by atoms with van der Waals surface area (Å²) in [6.07, 6.45) is 1.24. The number of nitrogens with one attached hydrogen (secondary N) is 1. The molecule has 7 nitrogen and oxygen atoms in total. The number of nitrogens with two attached hydrogens (primary N) is 1. The van der Waals surface area contributed by atoms with Crippen LogP contribution in [-0.2, 0) is 25.2 Å². The molecule has 1 heterocycles. The van der Waals surface area contributed by atoms with E-state index in [9.17, 15) is 18.3 Å². The Labute approximate surface area is 158 Å². The van der Waals surface area contributed by atoms with Crippen molar-refractivity contribution in [3.63, 3.8) is 0 Å². The van der Waals surface area contributed by atoms with Crippen molar-refractivity contribution in [1.29, 1.82) is 0 Å². The number of amides is 1. The molecule has 0 aromatic heterocycles. The summed E-state index contributed by atoms with van der Waals surface area (Å²) in [4.78, 5) is 12.0. The van der Waals surface area contributed by atoms with Gasteiger partial charge >= 0.3 is 0 Å². The third kappa shape index (κ3) is 4.03. The summed E-state index contributed by atoms with van der Waals surface area (Å²) < 4.78 is 33.0. The van der Waals surface area contributed by atoms with Gasteiger partial charge in [-0.15, -0.1) is 0 Å². The Balaban J connectivity index is 1.88. The Bertz CT molecular complexity index is 893. The first-order chi connectivity index (χ1) is 12.8. The topological polar surface area (TPSA) is 119 Å². The second-order valence-electron chi connectivity index (χ2n) is 6.47. The summed E-state index contributed by atoms with van der Waals surface area (Å²) in [5.74, 6) is -0.940. The Kier molecular flexibility index (Phi) is 5.61. The number of ether oxygens (including phenoxy) is 1. The van der Waals surface area contributed by atoms with Crippen LogP contribution in [0.4, 0.5) is 0 Å². The van der Waals surface area contributed by atoms with E-state index in [-0.39, 0.29) is 16.5 Å². The van der Waals surface area contributed by atoms with Crippen LogP contribution in [-0.4, -0.2) is 38.7 Å². The lowest BCUT2D eigenvalue weighted by Gasteiger charge is -2.26. The van der Waals surface area contributed by atoms with Gasteiger partial charge in [0, 0.05) is 19.3 Å². The van der Waals surface area contributed by atoms with Crippen LogP contribution >= 0.6 is 0 Å². The van der Waals surface area contributed by atoms with E-state index in [1.54, 1.807) is 30.3 Å². The average Bonchev–Trinajstić information content (AvgIpc) is 2.68. The second kappa shape index (κ2) is 7.77. The summed E-state index contributed by atoms with van der Waals surface area (Å²) >= 11 is 0. The van der Waals surface area contributed by atoms with Gasteiger partial charge < -0.3 is 15.6 Å². The van der Waals surface area contributed by atoms with Gasteiger partial charge in [-0.05, 0) is 36.1 Å². The first kappa shape index (κ1) is 19.5. The van der Waals surface area contributed by atoms with E-state index in [2.05, 4.69) is 4.72 Å². The van der Waals surface area contributed by atoms with Crippen LogP contribution in [0.1, 0.15) is 24.0 Å². The second-order valence-corrected chi connectivity index (χ2v) is 8.19. The molecule has 0 saturated carbocycles. The average molecular weight is 390 g/mol. The fourth-order valence-electron chi connectivity index (χ4n) is 3.11. The van der Waals surface area contributed by atoms with Crippen molar-refractivity contribution >= 4 is 15.9 Å². The summed E-state index contributed by atoms with van der Waals surface area (Å²) in [6, 6.07) is 13.6. The molecule has 4 N–H and O–H groups in total. The lowest BCUT2D eigenvalue weighted by Crippen LogP contribution is -2.42. The maximum absolute atomic E-state index is 12.6. The zero-order chi connectivity index (χ0) is 19.5. The number of rotatable bonds is 6. The van der Waals surface area contributed by atoms with Crippen molar-refractivity contribution in [1.82, 2.24) is 4.72 Å². The highest BCUT2D eigenvalue weighted by molar-refractivity contribution is 7.89. The van der Waals surface area contributed by atoms with Gasteiger partial charge in [0.05, 0.1) is 4.90 Å². The number of sulfonamides is 1. The maximum Gasteiger partial charge on any atom is 0.258 e. The lowest BCUT2D eigenvalue weighted by atomic mass is 9.86. The monoisotopic (exact) mass is 390 g/mol. The van der Waals surface area contributed by atoms with Crippen molar-refractivity contribution in [3.8, 4) is 0 Å². The van der Waals surface area contributed by atoms with Gasteiger partial charge in [0.25, 0.3) is 5.91 Å². The van der Waals surface area contributed by atoms with Crippen LogP contribution in [0.15, 0.2) is 59.5 Å². The Morgan fingerprint density at radius 2 is 1.59 bits per heavy atom. The first-order valence-corrected chi connectivity index (χ1v) is 10.1. The molecule has 0 bridgehead atoms. The molecule has 0 spiro atoms. The number of hydrogen-bond acceptors (Lipinski definition) is 5. The highest BCUT2D eigenvalue weighted by atomic mass is 32.2. The fourth-order valence-corrected chi connectivity index (χ4v) is 4.41. The van der Waals surface area contributed by atoms with Gasteiger partial charge in [0.1, 0.15) is 0 Å². The standard InChI is InChI=1S/C19H22N2O5S/c20-18(22)19(23,14-4-2-1-3-5-14)15-6-8-17(9-7-15)27(24,25)21-16-10-12-26-13-11-16/h1-9,16,21,23H,10-13H2,(H2,20,22). The molecule has 3 rings (SSSR count). The van der Waals surface area contributed by atoms with Crippen LogP contribution in [0.2, 0.25) is 0 Å². The van der Waals surface area contributed by atoms with Gasteiger partial charge in [-0.2, -0.15) is 0 Å². The summed E-state index contributed by atoms with van der Waals surface area (Å²) in [7, 11) is -3.71.